The molecule has 94 valence electrons. The first-order chi connectivity index (χ1) is 8.24. The second-order valence-corrected chi connectivity index (χ2v) is 3.94. The highest BCUT2D eigenvalue weighted by Gasteiger charge is 2.25. The van der Waals surface area contributed by atoms with E-state index in [9.17, 15) is 4.79 Å². The average molecular weight is 241 g/mol. The summed E-state index contributed by atoms with van der Waals surface area (Å²) in [6.07, 6.45) is 1.86. The molecule has 1 saturated heterocycles. The van der Waals surface area contributed by atoms with Gasteiger partial charge in [-0.15, -0.1) is 5.10 Å². The lowest BCUT2D eigenvalue weighted by molar-refractivity contribution is 0.0504. The van der Waals surface area contributed by atoms with Crippen LogP contribution in [0, 0.1) is 0 Å². The smallest absolute Gasteiger partial charge is 0.358 e. The van der Waals surface area contributed by atoms with Crippen molar-refractivity contribution in [1.29, 1.82) is 0 Å². The minimum atomic E-state index is -1.08. The van der Waals surface area contributed by atoms with Crippen molar-refractivity contribution in [2.45, 2.75) is 25.5 Å². The van der Waals surface area contributed by atoms with Crippen LogP contribution in [0.5, 0.6) is 0 Å². The summed E-state index contributed by atoms with van der Waals surface area (Å²) in [5, 5.41) is 16.6. The fourth-order valence-corrected chi connectivity index (χ4v) is 1.96. The molecule has 0 aromatic carbocycles. The third-order valence-corrected chi connectivity index (χ3v) is 2.76. The van der Waals surface area contributed by atoms with Crippen molar-refractivity contribution in [1.82, 2.24) is 15.0 Å². The Labute approximate surface area is 98.3 Å². The monoisotopic (exact) mass is 241 g/mol. The molecular weight excluding hydrogens is 226 g/mol. The second-order valence-electron chi connectivity index (χ2n) is 3.94. The lowest BCUT2D eigenvalue weighted by Crippen LogP contribution is -2.24. The number of carboxylic acid groups (broad SMARTS) is 1. The number of nitrogens with zero attached hydrogens (tertiary/aromatic N) is 3. The molecule has 1 aliphatic heterocycles. The van der Waals surface area contributed by atoms with Crippen LogP contribution >= 0.6 is 0 Å². The van der Waals surface area contributed by atoms with Gasteiger partial charge in [0, 0.05) is 13.7 Å². The highest BCUT2D eigenvalue weighted by atomic mass is 16.5. The molecule has 1 unspecified atom stereocenters. The zero-order valence-electron chi connectivity index (χ0n) is 9.63. The van der Waals surface area contributed by atoms with Crippen LogP contribution in [-0.2, 0) is 16.1 Å². The van der Waals surface area contributed by atoms with Gasteiger partial charge in [-0.3, -0.25) is 0 Å². The van der Waals surface area contributed by atoms with Gasteiger partial charge in [-0.05, 0) is 12.8 Å². The third kappa shape index (κ3) is 2.45. The molecule has 1 atom stereocenters. The van der Waals surface area contributed by atoms with Crippen LogP contribution in [0.15, 0.2) is 0 Å². The maximum absolute atomic E-state index is 11.0. The van der Waals surface area contributed by atoms with Gasteiger partial charge in [-0.1, -0.05) is 5.21 Å². The fraction of sp³-hybridized carbons (Fsp3) is 0.700. The zero-order chi connectivity index (χ0) is 12.3. The van der Waals surface area contributed by atoms with Crippen molar-refractivity contribution >= 4 is 5.97 Å². The Balaban J connectivity index is 2.28. The van der Waals surface area contributed by atoms with Crippen LogP contribution in [0.1, 0.15) is 35.1 Å². The first kappa shape index (κ1) is 12.0. The Kier molecular flexibility index (Phi) is 3.70. The number of carbonyl (C=O) groups is 1. The van der Waals surface area contributed by atoms with E-state index >= 15 is 0 Å². The van der Waals surface area contributed by atoms with E-state index in [1.165, 1.54) is 7.11 Å². The van der Waals surface area contributed by atoms with Crippen molar-refractivity contribution in [2.75, 3.05) is 20.3 Å². The molecular formula is C10H15N3O4. The van der Waals surface area contributed by atoms with E-state index in [2.05, 4.69) is 10.3 Å². The van der Waals surface area contributed by atoms with Gasteiger partial charge in [0.1, 0.15) is 0 Å². The van der Waals surface area contributed by atoms with E-state index in [-0.39, 0.29) is 18.3 Å². The number of aromatic carboxylic acids is 1. The lowest BCUT2D eigenvalue weighted by Gasteiger charge is -2.23. The molecule has 0 amide bonds. The van der Waals surface area contributed by atoms with Gasteiger partial charge in [0.05, 0.1) is 24.9 Å². The molecule has 0 aliphatic carbocycles. The minimum Gasteiger partial charge on any atom is -0.476 e. The largest absolute Gasteiger partial charge is 0.476 e. The van der Waals surface area contributed by atoms with Crippen molar-refractivity contribution in [3.05, 3.63) is 11.4 Å². The average Bonchev–Trinajstić information content (AvgIpc) is 2.75. The SMILES string of the molecule is COCc1c(C(=O)O)nnn1C1CCCOC1. The highest BCUT2D eigenvalue weighted by molar-refractivity contribution is 5.86. The molecule has 1 aromatic heterocycles. The third-order valence-electron chi connectivity index (χ3n) is 2.76. The number of hydrogen-bond acceptors (Lipinski definition) is 5. The number of hydrogen-bond donors (Lipinski definition) is 1. The van der Waals surface area contributed by atoms with Gasteiger partial charge in [0.2, 0.25) is 0 Å². The summed E-state index contributed by atoms with van der Waals surface area (Å²) in [6.45, 7) is 1.47. The molecule has 0 spiro atoms. The van der Waals surface area contributed by atoms with Gasteiger partial charge in [0.25, 0.3) is 0 Å². The van der Waals surface area contributed by atoms with Crippen LogP contribution in [-0.4, -0.2) is 46.4 Å². The Morgan fingerprint density at radius 3 is 3.12 bits per heavy atom. The molecule has 0 bridgehead atoms. The van der Waals surface area contributed by atoms with Crippen LogP contribution in [0.25, 0.3) is 0 Å². The zero-order valence-corrected chi connectivity index (χ0v) is 9.63. The quantitative estimate of drug-likeness (QED) is 0.824. The molecule has 1 fully saturated rings. The molecule has 1 aliphatic rings. The summed E-state index contributed by atoms with van der Waals surface area (Å²) in [5.41, 5.74) is 0.452. The molecule has 7 heteroatoms. The molecule has 0 saturated carbocycles. The first-order valence-corrected chi connectivity index (χ1v) is 5.48. The Morgan fingerprint density at radius 1 is 1.71 bits per heavy atom. The van der Waals surface area contributed by atoms with E-state index in [1.54, 1.807) is 4.68 Å². The number of ether oxygens (including phenoxy) is 2. The Hall–Kier alpha value is -1.47. The lowest BCUT2D eigenvalue weighted by atomic mass is 10.1. The Bertz CT molecular complexity index is 398. The number of carboxylic acids is 1. The van der Waals surface area contributed by atoms with Gasteiger partial charge >= 0.3 is 5.97 Å². The molecule has 2 heterocycles. The molecule has 7 nitrogen and oxygen atoms in total. The molecule has 2 rings (SSSR count). The van der Waals surface area contributed by atoms with E-state index in [0.29, 0.717) is 12.3 Å². The summed E-state index contributed by atoms with van der Waals surface area (Å²) >= 11 is 0. The second kappa shape index (κ2) is 5.24. The van der Waals surface area contributed by atoms with E-state index in [0.717, 1.165) is 19.4 Å². The first-order valence-electron chi connectivity index (χ1n) is 5.48. The van der Waals surface area contributed by atoms with Crippen LogP contribution in [0.3, 0.4) is 0 Å². The summed E-state index contributed by atoms with van der Waals surface area (Å²) in [7, 11) is 1.51. The van der Waals surface area contributed by atoms with Crippen LogP contribution < -0.4 is 0 Å². The van der Waals surface area contributed by atoms with Crippen molar-refractivity contribution in [3.63, 3.8) is 0 Å². The predicted octanol–water partition coefficient (Wildman–Crippen LogP) is 0.474. The van der Waals surface area contributed by atoms with E-state index in [1.807, 2.05) is 0 Å². The van der Waals surface area contributed by atoms with Gasteiger partial charge in [-0.25, -0.2) is 9.48 Å². The van der Waals surface area contributed by atoms with Gasteiger partial charge in [0.15, 0.2) is 5.69 Å². The maximum atomic E-state index is 11.0. The topological polar surface area (TPSA) is 86.5 Å². The standard InChI is InChI=1S/C10H15N3O4/c1-16-6-8-9(10(14)15)11-12-13(8)7-3-2-4-17-5-7/h7H,2-6H2,1H3,(H,14,15). The summed E-state index contributed by atoms with van der Waals surface area (Å²) in [6, 6.07) is 0.0505. The Morgan fingerprint density at radius 2 is 2.53 bits per heavy atom. The molecule has 0 radical (unpaired) electrons. The van der Waals surface area contributed by atoms with Crippen molar-refractivity contribution < 1.29 is 19.4 Å². The van der Waals surface area contributed by atoms with E-state index < -0.39 is 5.97 Å². The normalized spacial score (nSPS) is 20.4. The molecule has 17 heavy (non-hydrogen) atoms. The predicted molar refractivity (Wildman–Crippen MR) is 56.8 cm³/mol. The van der Waals surface area contributed by atoms with E-state index in [4.69, 9.17) is 14.6 Å². The summed E-state index contributed by atoms with van der Waals surface area (Å²) in [4.78, 5) is 11.0. The molecule has 1 aromatic rings. The highest BCUT2D eigenvalue weighted by Crippen LogP contribution is 2.21. The van der Waals surface area contributed by atoms with Crippen LogP contribution in [0.2, 0.25) is 0 Å². The number of methoxy groups -OCH3 is 1. The van der Waals surface area contributed by atoms with Crippen molar-refractivity contribution in [2.24, 2.45) is 0 Å². The van der Waals surface area contributed by atoms with Gasteiger partial charge in [-0.2, -0.15) is 0 Å². The summed E-state index contributed by atoms with van der Waals surface area (Å²) in [5.74, 6) is -1.08. The summed E-state index contributed by atoms with van der Waals surface area (Å²) < 4.78 is 12.0. The molecule has 1 N–H and O–H groups in total. The van der Waals surface area contributed by atoms with Crippen LogP contribution in [0.4, 0.5) is 0 Å². The maximum Gasteiger partial charge on any atom is 0.358 e. The number of rotatable bonds is 4. The fourth-order valence-electron chi connectivity index (χ4n) is 1.96. The van der Waals surface area contributed by atoms with Crippen molar-refractivity contribution in [3.8, 4) is 0 Å². The number of aromatic nitrogens is 3. The minimum absolute atomic E-state index is 0.0441. The van der Waals surface area contributed by atoms with Gasteiger partial charge < -0.3 is 14.6 Å².